The molecule has 0 bridgehead atoms. The van der Waals surface area contributed by atoms with E-state index in [1.807, 2.05) is 6.07 Å². The van der Waals surface area contributed by atoms with E-state index in [1.54, 1.807) is 55.7 Å². The van der Waals surface area contributed by atoms with Crippen LogP contribution < -0.4 is 9.47 Å². The van der Waals surface area contributed by atoms with Gasteiger partial charge in [0.2, 0.25) is 0 Å². The molecule has 8 heteroatoms. The van der Waals surface area contributed by atoms with Crippen molar-refractivity contribution < 1.29 is 28.6 Å². The number of amides is 1. The average molecular weight is 432 g/mol. The van der Waals surface area contributed by atoms with Crippen molar-refractivity contribution in [2.24, 2.45) is 0 Å². The van der Waals surface area contributed by atoms with E-state index in [-0.39, 0.29) is 17.9 Å². The number of carbonyl (C=O) groups is 2. The first-order valence-electron chi connectivity index (χ1n) is 10.2. The lowest BCUT2D eigenvalue weighted by atomic mass is 9.99. The summed E-state index contributed by atoms with van der Waals surface area (Å²) in [4.78, 5) is 31.6. The largest absolute Gasteiger partial charge is 0.507 e. The SMILES string of the molecule is Cc1ccc(C2/C(=C(\O)c3ccc4c(c3)OCCO4)C(=O)C(=O)N2Cc2cccnc2)o1. The summed E-state index contributed by atoms with van der Waals surface area (Å²) >= 11 is 0. The number of furan rings is 1. The maximum atomic E-state index is 13.1. The van der Waals surface area contributed by atoms with Gasteiger partial charge in [0.1, 0.15) is 36.5 Å². The number of fused-ring (bicyclic) bond motifs is 1. The van der Waals surface area contributed by atoms with Crippen LogP contribution in [0.25, 0.3) is 5.76 Å². The third-order valence-electron chi connectivity index (χ3n) is 5.46. The highest BCUT2D eigenvalue weighted by Gasteiger charge is 2.47. The maximum absolute atomic E-state index is 13.1. The first-order chi connectivity index (χ1) is 15.5. The molecule has 1 amide bonds. The number of ether oxygens (including phenoxy) is 2. The number of nitrogens with zero attached hydrogens (tertiary/aromatic N) is 2. The van der Waals surface area contributed by atoms with Crippen LogP contribution in [0.1, 0.15) is 28.7 Å². The molecule has 2 aliphatic heterocycles. The van der Waals surface area contributed by atoms with Crippen LogP contribution >= 0.6 is 0 Å². The normalized spacial score (nSPS) is 19.4. The van der Waals surface area contributed by atoms with Crippen molar-refractivity contribution >= 4 is 17.4 Å². The lowest BCUT2D eigenvalue weighted by Gasteiger charge is -2.23. The van der Waals surface area contributed by atoms with Gasteiger partial charge in [0.05, 0.1) is 5.57 Å². The number of aliphatic hydroxyl groups excluding tert-OH is 1. The number of carbonyl (C=O) groups excluding carboxylic acids is 2. The van der Waals surface area contributed by atoms with E-state index in [1.165, 1.54) is 4.90 Å². The van der Waals surface area contributed by atoms with Crippen molar-refractivity contribution in [2.45, 2.75) is 19.5 Å². The van der Waals surface area contributed by atoms with E-state index < -0.39 is 17.7 Å². The number of Topliss-reactive ketones (excluding diaryl/α,β-unsaturated/α-hetero) is 1. The lowest BCUT2D eigenvalue weighted by Crippen LogP contribution is -2.29. The van der Waals surface area contributed by atoms with Crippen LogP contribution in [0, 0.1) is 6.92 Å². The molecule has 2 aliphatic rings. The Labute approximate surface area is 183 Å². The number of benzene rings is 1. The molecular formula is C24H20N2O6. The fraction of sp³-hybridized carbons (Fsp3) is 0.208. The molecule has 4 heterocycles. The minimum absolute atomic E-state index is 0.0371. The number of ketones is 1. The zero-order valence-corrected chi connectivity index (χ0v) is 17.3. The molecule has 32 heavy (non-hydrogen) atoms. The molecule has 8 nitrogen and oxygen atoms in total. The molecule has 1 saturated heterocycles. The van der Waals surface area contributed by atoms with Gasteiger partial charge in [-0.25, -0.2) is 0 Å². The highest BCUT2D eigenvalue weighted by atomic mass is 16.6. The standard InChI is InChI=1S/C24H20N2O6/c1-14-4-6-18(32-14)21-20(22(27)16-5-7-17-19(11-16)31-10-9-30-17)23(28)24(29)26(21)13-15-3-2-8-25-12-15/h2-8,11-12,21,27H,9-10,13H2,1H3/b22-20+. The summed E-state index contributed by atoms with van der Waals surface area (Å²) in [6.07, 6.45) is 3.26. The van der Waals surface area contributed by atoms with E-state index in [2.05, 4.69) is 4.98 Å². The second-order valence-corrected chi connectivity index (χ2v) is 7.60. The van der Waals surface area contributed by atoms with E-state index in [0.717, 1.165) is 5.56 Å². The van der Waals surface area contributed by atoms with E-state index in [9.17, 15) is 14.7 Å². The quantitative estimate of drug-likeness (QED) is 0.383. The van der Waals surface area contributed by atoms with Crippen molar-refractivity contribution in [3.63, 3.8) is 0 Å². The average Bonchev–Trinajstić information content (AvgIpc) is 3.35. The first-order valence-corrected chi connectivity index (χ1v) is 10.2. The molecule has 5 rings (SSSR count). The summed E-state index contributed by atoms with van der Waals surface area (Å²) in [7, 11) is 0. The number of likely N-dealkylation sites (tertiary alicyclic amines) is 1. The molecule has 1 N–H and O–H groups in total. The Morgan fingerprint density at radius 3 is 2.66 bits per heavy atom. The number of hydrogen-bond acceptors (Lipinski definition) is 7. The first kappa shape index (κ1) is 19.9. The van der Waals surface area contributed by atoms with E-state index >= 15 is 0 Å². The number of rotatable bonds is 4. The molecule has 1 atom stereocenters. The Bertz CT molecular complexity index is 1230. The van der Waals surface area contributed by atoms with Gasteiger partial charge in [0.25, 0.3) is 11.7 Å². The molecular weight excluding hydrogens is 412 g/mol. The lowest BCUT2D eigenvalue weighted by molar-refractivity contribution is -0.140. The minimum atomic E-state index is -0.878. The second-order valence-electron chi connectivity index (χ2n) is 7.60. The number of pyridine rings is 1. The number of aromatic nitrogens is 1. The van der Waals surface area contributed by atoms with Crippen LogP contribution in [-0.2, 0) is 16.1 Å². The fourth-order valence-electron chi connectivity index (χ4n) is 3.97. The topological polar surface area (TPSA) is 102 Å². The van der Waals surface area contributed by atoms with E-state index in [0.29, 0.717) is 41.8 Å². The highest BCUT2D eigenvalue weighted by Crippen LogP contribution is 2.42. The number of aryl methyl sites for hydroxylation is 1. The molecule has 0 saturated carbocycles. The van der Waals surface area contributed by atoms with Crippen LogP contribution in [-0.4, -0.2) is 39.9 Å². The van der Waals surface area contributed by atoms with Crippen LogP contribution in [0.3, 0.4) is 0 Å². The monoisotopic (exact) mass is 432 g/mol. The summed E-state index contributed by atoms with van der Waals surface area (Å²) in [6, 6.07) is 11.1. The molecule has 2 aromatic heterocycles. The summed E-state index contributed by atoms with van der Waals surface area (Å²) in [5.41, 5.74) is 1.06. The second kappa shape index (κ2) is 7.88. The number of hydrogen-bond donors (Lipinski definition) is 1. The van der Waals surface area contributed by atoms with Gasteiger partial charge >= 0.3 is 0 Å². The molecule has 1 aromatic carbocycles. The molecule has 0 aliphatic carbocycles. The molecule has 0 spiro atoms. The number of aliphatic hydroxyl groups is 1. The predicted molar refractivity (Wildman–Crippen MR) is 113 cm³/mol. The van der Waals surface area contributed by atoms with Gasteiger partial charge in [-0.05, 0) is 48.9 Å². The van der Waals surface area contributed by atoms with Gasteiger partial charge in [-0.3, -0.25) is 14.6 Å². The van der Waals surface area contributed by atoms with Gasteiger partial charge < -0.3 is 23.9 Å². The zero-order valence-electron chi connectivity index (χ0n) is 17.3. The van der Waals surface area contributed by atoms with Crippen LogP contribution in [0.15, 0.2) is 64.8 Å². The van der Waals surface area contributed by atoms with Gasteiger partial charge in [0, 0.05) is 24.5 Å². The Morgan fingerprint density at radius 2 is 1.94 bits per heavy atom. The third kappa shape index (κ3) is 3.39. The van der Waals surface area contributed by atoms with Gasteiger partial charge in [-0.2, -0.15) is 0 Å². The molecule has 1 fully saturated rings. The Balaban J connectivity index is 1.62. The van der Waals surface area contributed by atoms with Gasteiger partial charge in [-0.1, -0.05) is 6.07 Å². The Kier molecular flexibility index (Phi) is 4.89. The maximum Gasteiger partial charge on any atom is 0.296 e. The van der Waals surface area contributed by atoms with Gasteiger partial charge in [-0.15, -0.1) is 0 Å². The van der Waals surface area contributed by atoms with Crippen LogP contribution in [0.2, 0.25) is 0 Å². The summed E-state index contributed by atoms with van der Waals surface area (Å²) < 4.78 is 16.9. The minimum Gasteiger partial charge on any atom is -0.507 e. The summed E-state index contributed by atoms with van der Waals surface area (Å²) in [5, 5.41) is 11.2. The van der Waals surface area contributed by atoms with Crippen molar-refractivity contribution in [1.29, 1.82) is 0 Å². The Hall–Kier alpha value is -4.07. The highest BCUT2D eigenvalue weighted by molar-refractivity contribution is 6.46. The third-order valence-corrected chi connectivity index (χ3v) is 5.46. The van der Waals surface area contributed by atoms with Crippen molar-refractivity contribution in [3.8, 4) is 11.5 Å². The fourth-order valence-corrected chi connectivity index (χ4v) is 3.97. The molecule has 3 aromatic rings. The van der Waals surface area contributed by atoms with Crippen LogP contribution in [0.5, 0.6) is 11.5 Å². The smallest absolute Gasteiger partial charge is 0.296 e. The molecule has 1 unspecified atom stereocenters. The zero-order chi connectivity index (χ0) is 22.2. The van der Waals surface area contributed by atoms with Crippen molar-refractivity contribution in [1.82, 2.24) is 9.88 Å². The van der Waals surface area contributed by atoms with Crippen molar-refractivity contribution in [2.75, 3.05) is 13.2 Å². The van der Waals surface area contributed by atoms with E-state index in [4.69, 9.17) is 13.9 Å². The Morgan fingerprint density at radius 1 is 1.12 bits per heavy atom. The molecule has 162 valence electrons. The predicted octanol–water partition coefficient (Wildman–Crippen LogP) is 3.38. The summed E-state index contributed by atoms with van der Waals surface area (Å²) in [6.45, 7) is 2.74. The van der Waals surface area contributed by atoms with Crippen LogP contribution in [0.4, 0.5) is 0 Å². The summed E-state index contributed by atoms with van der Waals surface area (Å²) in [5.74, 6) is 0.259. The molecule has 0 radical (unpaired) electrons. The van der Waals surface area contributed by atoms with Crippen molar-refractivity contribution in [3.05, 3.63) is 83.1 Å². The van der Waals surface area contributed by atoms with Gasteiger partial charge in [0.15, 0.2) is 11.5 Å².